The molecule has 126 valence electrons. The molecule has 0 aromatic heterocycles. The molecule has 0 bridgehead atoms. The van der Waals surface area contributed by atoms with Crippen LogP contribution in [0.15, 0.2) is 66.7 Å². The van der Waals surface area contributed by atoms with E-state index < -0.39 is 0 Å². The van der Waals surface area contributed by atoms with Crippen molar-refractivity contribution in [2.75, 3.05) is 7.11 Å². The number of benzene rings is 3. The summed E-state index contributed by atoms with van der Waals surface area (Å²) in [6.45, 7) is 0. The molecule has 0 unspecified atom stereocenters. The third kappa shape index (κ3) is 4.21. The third-order valence-corrected chi connectivity index (χ3v) is 4.01. The van der Waals surface area contributed by atoms with Gasteiger partial charge < -0.3 is 14.9 Å². The Morgan fingerprint density at radius 3 is 2.20 bits per heavy atom. The standard InChI is InChI=1S/C22H20O3/c1-25-22-15-18(8-7-16-5-3-2-4-6-16)14-21(24)20(22)13-17-9-11-19(23)12-10-17/h2-12,14-15,23-24H,13H2,1H3/b8-7+. The van der Waals surface area contributed by atoms with Crippen molar-refractivity contribution in [3.63, 3.8) is 0 Å². The minimum atomic E-state index is 0.195. The third-order valence-electron chi connectivity index (χ3n) is 4.01. The van der Waals surface area contributed by atoms with E-state index in [0.717, 1.165) is 22.3 Å². The number of phenolic OH excluding ortho intramolecular Hbond substituents is 2. The van der Waals surface area contributed by atoms with Gasteiger partial charge in [-0.15, -0.1) is 0 Å². The van der Waals surface area contributed by atoms with Crippen LogP contribution in [0.25, 0.3) is 12.2 Å². The highest BCUT2D eigenvalue weighted by Crippen LogP contribution is 2.32. The second-order valence-corrected chi connectivity index (χ2v) is 5.81. The molecule has 0 spiro atoms. The van der Waals surface area contributed by atoms with Crippen LogP contribution in [-0.4, -0.2) is 17.3 Å². The Bertz CT molecular complexity index is 866. The first-order valence-electron chi connectivity index (χ1n) is 8.06. The number of ether oxygens (including phenoxy) is 1. The molecule has 0 aliphatic heterocycles. The fourth-order valence-electron chi connectivity index (χ4n) is 2.68. The molecule has 3 rings (SSSR count). The van der Waals surface area contributed by atoms with E-state index in [1.807, 2.05) is 60.7 Å². The van der Waals surface area contributed by atoms with Gasteiger partial charge in [0.1, 0.15) is 17.2 Å². The highest BCUT2D eigenvalue weighted by atomic mass is 16.5. The summed E-state index contributed by atoms with van der Waals surface area (Å²) < 4.78 is 5.47. The summed E-state index contributed by atoms with van der Waals surface area (Å²) in [6.07, 6.45) is 4.47. The van der Waals surface area contributed by atoms with Gasteiger partial charge in [-0.05, 0) is 41.0 Å². The van der Waals surface area contributed by atoms with Gasteiger partial charge in [0.25, 0.3) is 0 Å². The van der Waals surface area contributed by atoms with Gasteiger partial charge in [0, 0.05) is 12.0 Å². The predicted octanol–water partition coefficient (Wildman–Crippen LogP) is 4.87. The van der Waals surface area contributed by atoms with E-state index in [1.54, 1.807) is 25.3 Å². The van der Waals surface area contributed by atoms with Gasteiger partial charge in [0.15, 0.2) is 0 Å². The van der Waals surface area contributed by atoms with Crippen LogP contribution in [0.1, 0.15) is 22.3 Å². The number of rotatable bonds is 5. The van der Waals surface area contributed by atoms with Crippen molar-refractivity contribution in [2.24, 2.45) is 0 Å². The van der Waals surface area contributed by atoms with Gasteiger partial charge in [-0.3, -0.25) is 0 Å². The van der Waals surface area contributed by atoms with Crippen molar-refractivity contribution in [3.8, 4) is 17.2 Å². The highest BCUT2D eigenvalue weighted by Gasteiger charge is 2.11. The fourth-order valence-corrected chi connectivity index (χ4v) is 2.68. The molecule has 3 aromatic rings. The first-order valence-corrected chi connectivity index (χ1v) is 8.06. The Balaban J connectivity index is 1.88. The van der Waals surface area contributed by atoms with Gasteiger partial charge >= 0.3 is 0 Å². The quantitative estimate of drug-likeness (QED) is 0.656. The number of phenols is 2. The van der Waals surface area contributed by atoms with E-state index in [-0.39, 0.29) is 11.5 Å². The predicted molar refractivity (Wildman–Crippen MR) is 101 cm³/mol. The highest BCUT2D eigenvalue weighted by molar-refractivity contribution is 5.71. The Morgan fingerprint density at radius 1 is 0.840 bits per heavy atom. The van der Waals surface area contributed by atoms with Crippen molar-refractivity contribution >= 4 is 12.2 Å². The van der Waals surface area contributed by atoms with E-state index in [4.69, 9.17) is 4.74 Å². The molecular formula is C22H20O3. The van der Waals surface area contributed by atoms with E-state index >= 15 is 0 Å². The SMILES string of the molecule is COc1cc(/C=C/c2ccccc2)cc(O)c1Cc1ccc(O)cc1. The van der Waals surface area contributed by atoms with E-state index in [9.17, 15) is 10.2 Å². The minimum Gasteiger partial charge on any atom is -0.508 e. The van der Waals surface area contributed by atoms with Crippen LogP contribution < -0.4 is 4.74 Å². The average Bonchev–Trinajstić information content (AvgIpc) is 2.64. The number of methoxy groups -OCH3 is 1. The van der Waals surface area contributed by atoms with Crippen LogP contribution in [-0.2, 0) is 6.42 Å². The zero-order chi connectivity index (χ0) is 17.6. The summed E-state index contributed by atoms with van der Waals surface area (Å²) in [5, 5.41) is 19.8. The lowest BCUT2D eigenvalue weighted by molar-refractivity contribution is 0.401. The molecule has 0 saturated heterocycles. The zero-order valence-corrected chi connectivity index (χ0v) is 14.0. The first kappa shape index (κ1) is 16.7. The molecule has 2 N–H and O–H groups in total. The lowest BCUT2D eigenvalue weighted by Crippen LogP contribution is -1.95. The maximum absolute atomic E-state index is 10.5. The second-order valence-electron chi connectivity index (χ2n) is 5.81. The maximum atomic E-state index is 10.5. The molecule has 0 atom stereocenters. The van der Waals surface area contributed by atoms with Crippen LogP contribution in [0, 0.1) is 0 Å². The molecule has 0 fully saturated rings. The first-order chi connectivity index (χ1) is 12.2. The van der Waals surface area contributed by atoms with Crippen molar-refractivity contribution in [1.82, 2.24) is 0 Å². The molecule has 3 nitrogen and oxygen atoms in total. The molecule has 3 aromatic carbocycles. The van der Waals surface area contributed by atoms with Gasteiger partial charge in [-0.1, -0.05) is 54.6 Å². The van der Waals surface area contributed by atoms with Gasteiger partial charge in [-0.25, -0.2) is 0 Å². The van der Waals surface area contributed by atoms with Crippen LogP contribution in [0.5, 0.6) is 17.2 Å². The van der Waals surface area contributed by atoms with Gasteiger partial charge in [0.05, 0.1) is 7.11 Å². The molecule has 0 aliphatic rings. The Hall–Kier alpha value is -3.20. The van der Waals surface area contributed by atoms with Crippen LogP contribution >= 0.6 is 0 Å². The summed E-state index contributed by atoms with van der Waals surface area (Å²) in [7, 11) is 1.60. The lowest BCUT2D eigenvalue weighted by Gasteiger charge is -2.12. The average molecular weight is 332 g/mol. The molecule has 0 heterocycles. The molecule has 0 amide bonds. The van der Waals surface area contributed by atoms with Gasteiger partial charge in [-0.2, -0.15) is 0 Å². The maximum Gasteiger partial charge on any atom is 0.126 e. The fraction of sp³-hybridized carbons (Fsp3) is 0.0909. The number of aromatic hydroxyl groups is 2. The number of hydrogen-bond donors (Lipinski definition) is 2. The van der Waals surface area contributed by atoms with E-state index in [0.29, 0.717) is 12.2 Å². The van der Waals surface area contributed by atoms with Crippen molar-refractivity contribution < 1.29 is 14.9 Å². The molecular weight excluding hydrogens is 312 g/mol. The van der Waals surface area contributed by atoms with E-state index in [1.165, 1.54) is 0 Å². The molecule has 0 radical (unpaired) electrons. The topological polar surface area (TPSA) is 49.7 Å². The Morgan fingerprint density at radius 2 is 1.52 bits per heavy atom. The van der Waals surface area contributed by atoms with Crippen LogP contribution in [0.4, 0.5) is 0 Å². The summed E-state index contributed by atoms with van der Waals surface area (Å²) in [4.78, 5) is 0. The Kier molecular flexibility index (Phi) is 5.05. The molecule has 0 saturated carbocycles. The lowest BCUT2D eigenvalue weighted by atomic mass is 10.0. The van der Waals surface area contributed by atoms with Crippen LogP contribution in [0.3, 0.4) is 0 Å². The second kappa shape index (κ2) is 7.58. The largest absolute Gasteiger partial charge is 0.508 e. The Labute approximate surface area is 147 Å². The van der Waals surface area contributed by atoms with E-state index in [2.05, 4.69) is 0 Å². The van der Waals surface area contributed by atoms with Crippen LogP contribution in [0.2, 0.25) is 0 Å². The van der Waals surface area contributed by atoms with Crippen molar-refractivity contribution in [2.45, 2.75) is 6.42 Å². The molecule has 0 aliphatic carbocycles. The van der Waals surface area contributed by atoms with Gasteiger partial charge in [0.2, 0.25) is 0 Å². The summed E-state index contributed by atoms with van der Waals surface area (Å²) in [6, 6.07) is 20.6. The summed E-state index contributed by atoms with van der Waals surface area (Å²) >= 11 is 0. The monoisotopic (exact) mass is 332 g/mol. The molecule has 3 heteroatoms. The zero-order valence-electron chi connectivity index (χ0n) is 14.0. The minimum absolute atomic E-state index is 0.195. The molecule has 25 heavy (non-hydrogen) atoms. The smallest absolute Gasteiger partial charge is 0.126 e. The summed E-state index contributed by atoms with van der Waals surface area (Å²) in [5.74, 6) is 1.06. The number of hydrogen-bond acceptors (Lipinski definition) is 3. The van der Waals surface area contributed by atoms with Crippen molar-refractivity contribution in [1.29, 1.82) is 0 Å². The van der Waals surface area contributed by atoms with Crippen molar-refractivity contribution in [3.05, 3.63) is 89.0 Å². The normalized spacial score (nSPS) is 10.9. The summed E-state index contributed by atoms with van der Waals surface area (Å²) in [5.41, 5.74) is 3.67.